The highest BCUT2D eigenvalue weighted by Gasteiger charge is 2.40. The predicted molar refractivity (Wildman–Crippen MR) is 88.9 cm³/mol. The lowest BCUT2D eigenvalue weighted by Crippen LogP contribution is -2.50. The second-order valence-electron chi connectivity index (χ2n) is 7.16. The molecule has 0 N–H and O–H groups in total. The van der Waals surface area contributed by atoms with Crippen molar-refractivity contribution >= 4 is 6.09 Å². The zero-order valence-electron chi connectivity index (χ0n) is 14.7. The molecule has 0 aliphatic carbocycles. The summed E-state index contributed by atoms with van der Waals surface area (Å²) < 4.78 is 22.7. The lowest BCUT2D eigenvalue weighted by atomic mass is 10.1. The van der Waals surface area contributed by atoms with Crippen LogP contribution in [0.15, 0.2) is 18.2 Å². The van der Waals surface area contributed by atoms with Crippen LogP contribution < -0.4 is 14.2 Å². The fourth-order valence-corrected chi connectivity index (χ4v) is 3.11. The molecule has 1 saturated heterocycles. The quantitative estimate of drug-likeness (QED) is 0.830. The van der Waals surface area contributed by atoms with Crippen molar-refractivity contribution in [2.24, 2.45) is 0 Å². The molecule has 0 unspecified atom stereocenters. The molecule has 6 nitrogen and oxygen atoms in total. The number of ether oxygens (including phenoxy) is 4. The second kappa shape index (κ2) is 6.42. The van der Waals surface area contributed by atoms with Crippen molar-refractivity contribution in [2.45, 2.75) is 51.4 Å². The van der Waals surface area contributed by atoms with E-state index in [1.165, 1.54) is 0 Å². The number of carbonyl (C=O) groups excluding carboxylic acids is 1. The molecule has 1 amide bonds. The molecule has 132 valence electrons. The number of likely N-dealkylation sites (tertiary alicyclic amines) is 1. The number of benzene rings is 1. The fraction of sp³-hybridized carbons (Fsp3) is 0.611. The van der Waals surface area contributed by atoms with Gasteiger partial charge in [-0.05, 0) is 45.7 Å². The van der Waals surface area contributed by atoms with E-state index in [0.29, 0.717) is 30.4 Å². The molecule has 6 heteroatoms. The van der Waals surface area contributed by atoms with E-state index >= 15 is 0 Å². The fourth-order valence-electron chi connectivity index (χ4n) is 3.11. The van der Waals surface area contributed by atoms with Gasteiger partial charge in [0.15, 0.2) is 17.6 Å². The van der Waals surface area contributed by atoms with Crippen LogP contribution in [-0.4, -0.2) is 49.0 Å². The molecule has 0 aromatic heterocycles. The highest BCUT2D eigenvalue weighted by Crippen LogP contribution is 2.37. The molecule has 0 bridgehead atoms. The lowest BCUT2D eigenvalue weighted by molar-refractivity contribution is -0.00466. The predicted octanol–water partition coefficient (Wildman–Crippen LogP) is 3.23. The highest BCUT2D eigenvalue weighted by molar-refractivity contribution is 5.69. The summed E-state index contributed by atoms with van der Waals surface area (Å²) >= 11 is 0. The Morgan fingerprint density at radius 3 is 2.79 bits per heavy atom. The molecule has 2 aliphatic heterocycles. The molecule has 0 saturated carbocycles. The first-order valence-corrected chi connectivity index (χ1v) is 8.34. The number of carbonyl (C=O) groups is 1. The van der Waals surface area contributed by atoms with E-state index in [1.54, 1.807) is 12.0 Å². The van der Waals surface area contributed by atoms with Crippen molar-refractivity contribution < 1.29 is 23.7 Å². The number of rotatable bonds is 2. The average molecular weight is 335 g/mol. The topological polar surface area (TPSA) is 57.2 Å². The van der Waals surface area contributed by atoms with Crippen LogP contribution >= 0.6 is 0 Å². The maximum Gasteiger partial charge on any atom is 0.410 e. The molecule has 1 aromatic rings. The van der Waals surface area contributed by atoms with E-state index in [9.17, 15) is 4.79 Å². The number of fused-ring (bicyclic) bond motifs is 1. The van der Waals surface area contributed by atoms with Gasteiger partial charge in [-0.3, -0.25) is 0 Å². The van der Waals surface area contributed by atoms with Crippen LogP contribution in [0.5, 0.6) is 17.2 Å². The molecule has 1 fully saturated rings. The lowest BCUT2D eigenvalue weighted by Gasteiger charge is -2.35. The Kier molecular flexibility index (Phi) is 4.47. The molecule has 2 aliphatic rings. The van der Waals surface area contributed by atoms with Crippen LogP contribution in [0.3, 0.4) is 0 Å². The van der Waals surface area contributed by atoms with Crippen LogP contribution in [0.4, 0.5) is 4.79 Å². The van der Waals surface area contributed by atoms with Crippen LogP contribution in [0.2, 0.25) is 0 Å². The number of hydrogen-bond donors (Lipinski definition) is 0. The maximum absolute atomic E-state index is 12.4. The highest BCUT2D eigenvalue weighted by atomic mass is 16.6. The van der Waals surface area contributed by atoms with Gasteiger partial charge in [-0.1, -0.05) is 0 Å². The zero-order chi connectivity index (χ0) is 17.3. The van der Waals surface area contributed by atoms with Crippen molar-refractivity contribution in [1.29, 1.82) is 0 Å². The maximum atomic E-state index is 12.4. The molecule has 0 spiro atoms. The van der Waals surface area contributed by atoms with E-state index in [2.05, 4.69) is 0 Å². The summed E-state index contributed by atoms with van der Waals surface area (Å²) in [5.41, 5.74) is -0.506. The second-order valence-corrected chi connectivity index (χ2v) is 7.16. The van der Waals surface area contributed by atoms with Crippen molar-refractivity contribution in [3.05, 3.63) is 18.2 Å². The Morgan fingerprint density at radius 1 is 1.29 bits per heavy atom. The molecule has 1 aromatic carbocycles. The van der Waals surface area contributed by atoms with E-state index in [-0.39, 0.29) is 18.2 Å². The average Bonchev–Trinajstić information content (AvgIpc) is 3.02. The molecule has 3 rings (SSSR count). The summed E-state index contributed by atoms with van der Waals surface area (Å²) in [6.45, 7) is 6.73. The Bertz CT molecular complexity index is 610. The third-order valence-corrected chi connectivity index (χ3v) is 4.19. The summed E-state index contributed by atoms with van der Waals surface area (Å²) in [4.78, 5) is 14.2. The van der Waals surface area contributed by atoms with Gasteiger partial charge in [-0.25, -0.2) is 4.79 Å². The molecule has 2 heterocycles. The van der Waals surface area contributed by atoms with Gasteiger partial charge in [0.25, 0.3) is 0 Å². The first-order valence-electron chi connectivity index (χ1n) is 8.34. The van der Waals surface area contributed by atoms with Crippen LogP contribution in [-0.2, 0) is 4.74 Å². The third kappa shape index (κ3) is 3.52. The van der Waals surface area contributed by atoms with Crippen molar-refractivity contribution in [3.8, 4) is 17.2 Å². The molecule has 24 heavy (non-hydrogen) atoms. The van der Waals surface area contributed by atoms with Crippen molar-refractivity contribution in [3.63, 3.8) is 0 Å². The van der Waals surface area contributed by atoms with Gasteiger partial charge in [-0.15, -0.1) is 0 Å². The van der Waals surface area contributed by atoms with E-state index in [0.717, 1.165) is 12.8 Å². The number of amides is 1. The van der Waals surface area contributed by atoms with Crippen LogP contribution in [0.25, 0.3) is 0 Å². The first-order chi connectivity index (χ1) is 11.4. The minimum absolute atomic E-state index is 0.0424. The molecule has 0 radical (unpaired) electrons. The number of hydrogen-bond acceptors (Lipinski definition) is 5. The van der Waals surface area contributed by atoms with Gasteiger partial charge < -0.3 is 23.8 Å². The van der Waals surface area contributed by atoms with Gasteiger partial charge in [0.05, 0.1) is 13.2 Å². The minimum Gasteiger partial charge on any atom is -0.497 e. The first kappa shape index (κ1) is 16.7. The number of nitrogens with zero attached hydrogens (tertiary/aromatic N) is 1. The van der Waals surface area contributed by atoms with E-state index in [1.807, 2.05) is 39.0 Å². The van der Waals surface area contributed by atoms with Crippen LogP contribution in [0, 0.1) is 0 Å². The van der Waals surface area contributed by atoms with Crippen molar-refractivity contribution in [1.82, 2.24) is 4.90 Å². The summed E-state index contributed by atoms with van der Waals surface area (Å²) in [6, 6.07) is 5.45. The molecular formula is C18H25NO5. The summed E-state index contributed by atoms with van der Waals surface area (Å²) in [7, 11) is 1.62. The summed E-state index contributed by atoms with van der Waals surface area (Å²) in [5.74, 6) is 2.07. The number of methoxy groups -OCH3 is 1. The van der Waals surface area contributed by atoms with Gasteiger partial charge in [0.2, 0.25) is 0 Å². The Balaban J connectivity index is 1.73. The Morgan fingerprint density at radius 2 is 2.08 bits per heavy atom. The van der Waals surface area contributed by atoms with E-state index in [4.69, 9.17) is 18.9 Å². The summed E-state index contributed by atoms with van der Waals surface area (Å²) in [6.07, 6.45) is 1.33. The van der Waals surface area contributed by atoms with Gasteiger partial charge in [0, 0.05) is 12.6 Å². The third-order valence-electron chi connectivity index (χ3n) is 4.19. The summed E-state index contributed by atoms with van der Waals surface area (Å²) in [5, 5.41) is 0. The van der Waals surface area contributed by atoms with E-state index < -0.39 is 5.60 Å². The smallest absolute Gasteiger partial charge is 0.410 e. The van der Waals surface area contributed by atoms with Gasteiger partial charge in [0.1, 0.15) is 18.0 Å². The van der Waals surface area contributed by atoms with Gasteiger partial charge >= 0.3 is 6.09 Å². The zero-order valence-corrected chi connectivity index (χ0v) is 14.7. The SMILES string of the molecule is COc1ccc2c(c1)O[C@H]([C@@H]1CCCN1C(=O)OC(C)(C)C)CO2. The monoisotopic (exact) mass is 335 g/mol. The normalized spacial score (nSPS) is 23.1. The van der Waals surface area contributed by atoms with Gasteiger partial charge in [-0.2, -0.15) is 0 Å². The standard InChI is InChI=1S/C18H25NO5/c1-18(2,3)24-17(20)19-9-5-6-13(19)16-11-22-14-8-7-12(21-4)10-15(14)23-16/h7-8,10,13,16H,5-6,9,11H2,1-4H3/t13-,16-/m0/s1. The molecule has 2 atom stereocenters. The van der Waals surface area contributed by atoms with Crippen molar-refractivity contribution in [2.75, 3.05) is 20.3 Å². The largest absolute Gasteiger partial charge is 0.497 e. The Labute approximate surface area is 142 Å². The minimum atomic E-state index is -0.506. The van der Waals surface area contributed by atoms with Crippen LogP contribution in [0.1, 0.15) is 33.6 Å². The molecular weight excluding hydrogens is 310 g/mol. The Hall–Kier alpha value is -2.11.